The van der Waals surface area contributed by atoms with E-state index in [0.717, 1.165) is 6.42 Å². The van der Waals surface area contributed by atoms with Gasteiger partial charge in [-0.25, -0.2) is 0 Å². The van der Waals surface area contributed by atoms with Gasteiger partial charge in [-0.3, -0.25) is 4.79 Å². The van der Waals surface area contributed by atoms with Gasteiger partial charge < -0.3 is 14.9 Å². The molecule has 0 aromatic rings. The number of hydrogen-bond acceptors (Lipinski definition) is 4. The summed E-state index contributed by atoms with van der Waals surface area (Å²) < 4.78 is 4.46. The third-order valence-electron chi connectivity index (χ3n) is 1.44. The number of unbranched alkanes of at least 4 members (excludes halogenated alkanes) is 1. The lowest BCUT2D eigenvalue weighted by Gasteiger charge is -2.20. The van der Waals surface area contributed by atoms with Gasteiger partial charge in [-0.15, -0.1) is 0 Å². The number of hydrogen-bond donors (Lipinski definition) is 2. The maximum absolute atomic E-state index is 10.3. The Labute approximate surface area is 72.2 Å². The van der Waals surface area contributed by atoms with E-state index in [0.29, 0.717) is 6.42 Å². The standard InChI is InChI=1S/C8H16O4/c1-3-4-5-8(10,11)6-12-7(2)9/h10-11H,3-6H2,1-2H3. The second kappa shape index (κ2) is 5.11. The number of ether oxygens (including phenoxy) is 1. The predicted octanol–water partition coefficient (Wildman–Crippen LogP) is 0.421. The maximum Gasteiger partial charge on any atom is 0.302 e. The molecule has 0 saturated carbocycles. The number of aliphatic hydroxyl groups is 2. The summed E-state index contributed by atoms with van der Waals surface area (Å²) in [5.74, 6) is -2.36. The van der Waals surface area contributed by atoms with Crippen molar-refractivity contribution in [3.05, 3.63) is 0 Å². The fourth-order valence-electron chi connectivity index (χ4n) is 0.749. The van der Waals surface area contributed by atoms with Crippen LogP contribution in [0, 0.1) is 0 Å². The molecular formula is C8H16O4. The largest absolute Gasteiger partial charge is 0.460 e. The van der Waals surface area contributed by atoms with Crippen molar-refractivity contribution in [2.24, 2.45) is 0 Å². The minimum absolute atomic E-state index is 0.233. The fraction of sp³-hybridized carbons (Fsp3) is 0.875. The summed E-state index contributed by atoms with van der Waals surface area (Å²) in [5.41, 5.74) is 0. The van der Waals surface area contributed by atoms with Crippen molar-refractivity contribution in [1.82, 2.24) is 0 Å². The van der Waals surface area contributed by atoms with Crippen molar-refractivity contribution in [3.63, 3.8) is 0 Å². The molecule has 0 rings (SSSR count). The molecule has 0 bridgehead atoms. The highest BCUT2D eigenvalue weighted by atomic mass is 16.6. The van der Waals surface area contributed by atoms with Gasteiger partial charge in [0.1, 0.15) is 6.61 Å². The van der Waals surface area contributed by atoms with Gasteiger partial charge in [-0.05, 0) is 6.42 Å². The van der Waals surface area contributed by atoms with E-state index in [1.807, 2.05) is 6.92 Å². The van der Waals surface area contributed by atoms with Gasteiger partial charge in [0.2, 0.25) is 0 Å². The Morgan fingerprint density at radius 3 is 2.50 bits per heavy atom. The summed E-state index contributed by atoms with van der Waals surface area (Å²) in [4.78, 5) is 10.3. The molecule has 0 amide bonds. The Morgan fingerprint density at radius 1 is 1.50 bits per heavy atom. The molecule has 0 aliphatic rings. The third-order valence-corrected chi connectivity index (χ3v) is 1.44. The predicted molar refractivity (Wildman–Crippen MR) is 43.3 cm³/mol. The molecule has 0 spiro atoms. The van der Waals surface area contributed by atoms with Crippen LogP contribution < -0.4 is 0 Å². The minimum Gasteiger partial charge on any atom is -0.460 e. The third kappa shape index (κ3) is 6.12. The second-order valence-electron chi connectivity index (χ2n) is 2.87. The minimum atomic E-state index is -1.86. The van der Waals surface area contributed by atoms with Crippen LogP contribution in [0.2, 0.25) is 0 Å². The lowest BCUT2D eigenvalue weighted by atomic mass is 10.1. The van der Waals surface area contributed by atoms with E-state index in [1.54, 1.807) is 0 Å². The molecule has 72 valence electrons. The second-order valence-corrected chi connectivity index (χ2v) is 2.87. The normalized spacial score (nSPS) is 11.3. The molecule has 0 atom stereocenters. The van der Waals surface area contributed by atoms with Gasteiger partial charge in [-0.2, -0.15) is 0 Å². The van der Waals surface area contributed by atoms with Crippen molar-refractivity contribution in [3.8, 4) is 0 Å². The van der Waals surface area contributed by atoms with Crippen LogP contribution in [0.25, 0.3) is 0 Å². The van der Waals surface area contributed by atoms with Crippen LogP contribution in [0.3, 0.4) is 0 Å². The number of esters is 1. The molecule has 0 aliphatic carbocycles. The van der Waals surface area contributed by atoms with E-state index in [9.17, 15) is 15.0 Å². The molecule has 4 heteroatoms. The highest BCUT2D eigenvalue weighted by molar-refractivity contribution is 5.65. The first kappa shape index (κ1) is 11.4. The average Bonchev–Trinajstić information content (AvgIpc) is 1.98. The molecule has 0 heterocycles. The zero-order valence-electron chi connectivity index (χ0n) is 7.54. The van der Waals surface area contributed by atoms with Crippen LogP contribution in [0.1, 0.15) is 33.1 Å². The number of carbonyl (C=O) groups is 1. The first-order valence-corrected chi connectivity index (χ1v) is 4.06. The first-order chi connectivity index (χ1) is 5.48. The molecular weight excluding hydrogens is 160 g/mol. The SMILES string of the molecule is CCCCC(O)(O)COC(C)=O. The Hall–Kier alpha value is -0.610. The molecule has 0 saturated heterocycles. The van der Waals surface area contributed by atoms with Crippen molar-refractivity contribution >= 4 is 5.97 Å². The van der Waals surface area contributed by atoms with E-state index >= 15 is 0 Å². The molecule has 0 aliphatic heterocycles. The monoisotopic (exact) mass is 176 g/mol. The first-order valence-electron chi connectivity index (χ1n) is 4.06. The Kier molecular flexibility index (Phi) is 4.85. The quantitative estimate of drug-likeness (QED) is 0.470. The average molecular weight is 176 g/mol. The zero-order chi connectivity index (χ0) is 9.61. The van der Waals surface area contributed by atoms with Crippen LogP contribution in [0.4, 0.5) is 0 Å². The van der Waals surface area contributed by atoms with E-state index in [4.69, 9.17) is 0 Å². The van der Waals surface area contributed by atoms with Crippen LogP contribution in [0.5, 0.6) is 0 Å². The smallest absolute Gasteiger partial charge is 0.302 e. The van der Waals surface area contributed by atoms with Gasteiger partial charge in [0.05, 0.1) is 0 Å². The van der Waals surface area contributed by atoms with Crippen LogP contribution >= 0.6 is 0 Å². The van der Waals surface area contributed by atoms with Crippen LogP contribution in [0.15, 0.2) is 0 Å². The summed E-state index contributed by atoms with van der Waals surface area (Å²) in [7, 11) is 0. The molecule has 0 aromatic heterocycles. The molecule has 0 aromatic carbocycles. The van der Waals surface area contributed by atoms with E-state index in [2.05, 4.69) is 4.74 Å². The molecule has 0 unspecified atom stereocenters. The van der Waals surface area contributed by atoms with E-state index in [-0.39, 0.29) is 13.0 Å². The molecule has 4 nitrogen and oxygen atoms in total. The Morgan fingerprint density at radius 2 is 2.08 bits per heavy atom. The van der Waals surface area contributed by atoms with E-state index in [1.165, 1.54) is 6.92 Å². The van der Waals surface area contributed by atoms with Crippen molar-refractivity contribution in [1.29, 1.82) is 0 Å². The highest BCUT2D eigenvalue weighted by Crippen LogP contribution is 2.10. The molecule has 0 fully saturated rings. The van der Waals surface area contributed by atoms with E-state index < -0.39 is 11.8 Å². The van der Waals surface area contributed by atoms with Crippen molar-refractivity contribution < 1.29 is 19.7 Å². The van der Waals surface area contributed by atoms with Crippen LogP contribution in [-0.2, 0) is 9.53 Å². The molecule has 0 radical (unpaired) electrons. The van der Waals surface area contributed by atoms with Crippen molar-refractivity contribution in [2.45, 2.75) is 38.9 Å². The molecule has 2 N–H and O–H groups in total. The maximum atomic E-state index is 10.3. The van der Waals surface area contributed by atoms with Gasteiger partial charge in [0.25, 0.3) is 0 Å². The van der Waals surface area contributed by atoms with Gasteiger partial charge in [0.15, 0.2) is 5.79 Å². The zero-order valence-corrected chi connectivity index (χ0v) is 7.54. The summed E-state index contributed by atoms with van der Waals surface area (Å²) >= 11 is 0. The lowest BCUT2D eigenvalue weighted by molar-refractivity contribution is -0.204. The summed E-state index contributed by atoms with van der Waals surface area (Å²) in [6.07, 6.45) is 1.81. The van der Waals surface area contributed by atoms with Crippen LogP contribution in [-0.4, -0.2) is 28.6 Å². The Bertz CT molecular complexity index is 142. The number of carbonyl (C=O) groups excluding carboxylic acids is 1. The van der Waals surface area contributed by atoms with Gasteiger partial charge >= 0.3 is 5.97 Å². The highest BCUT2D eigenvalue weighted by Gasteiger charge is 2.23. The Balaban J connectivity index is 3.63. The lowest BCUT2D eigenvalue weighted by Crippen LogP contribution is -2.34. The van der Waals surface area contributed by atoms with Gasteiger partial charge in [0, 0.05) is 13.3 Å². The van der Waals surface area contributed by atoms with Crippen molar-refractivity contribution in [2.75, 3.05) is 6.61 Å². The fourth-order valence-corrected chi connectivity index (χ4v) is 0.749. The molecule has 12 heavy (non-hydrogen) atoms. The van der Waals surface area contributed by atoms with Gasteiger partial charge in [-0.1, -0.05) is 13.3 Å². The number of rotatable bonds is 5. The summed E-state index contributed by atoms with van der Waals surface area (Å²) in [6, 6.07) is 0. The summed E-state index contributed by atoms with van der Waals surface area (Å²) in [5, 5.41) is 18.3. The summed E-state index contributed by atoms with van der Waals surface area (Å²) in [6.45, 7) is 2.83. The topological polar surface area (TPSA) is 66.8 Å².